The van der Waals surface area contributed by atoms with Crippen LogP contribution >= 0.6 is 0 Å². The van der Waals surface area contributed by atoms with E-state index in [4.69, 9.17) is 10.6 Å². The molecular formula is C23H31N5O2. The third-order valence-electron chi connectivity index (χ3n) is 4.79. The van der Waals surface area contributed by atoms with Gasteiger partial charge < -0.3 is 10.1 Å². The molecule has 0 bridgehead atoms. The van der Waals surface area contributed by atoms with Gasteiger partial charge in [0.05, 0.1) is 11.4 Å². The van der Waals surface area contributed by atoms with E-state index < -0.39 is 0 Å². The second kappa shape index (κ2) is 10.5. The molecule has 3 N–H and O–H groups in total. The first kappa shape index (κ1) is 23.0. The monoisotopic (exact) mass is 409 g/mol. The molecule has 1 amide bonds. The molecule has 0 fully saturated rings. The van der Waals surface area contributed by atoms with E-state index in [9.17, 15) is 4.79 Å². The highest BCUT2D eigenvalue weighted by Gasteiger charge is 2.09. The molecule has 30 heavy (non-hydrogen) atoms. The summed E-state index contributed by atoms with van der Waals surface area (Å²) in [7, 11) is 3.40. The van der Waals surface area contributed by atoms with Gasteiger partial charge in [0.2, 0.25) is 6.41 Å². The standard InChI is InChI=1S/C21H25N3O.C2H6N2O/c1-14-7-6-8-20(22-5)19(14)13-25-21-10-9-18(11-15(21)2)24-12-16(3)17(4)23-24;1-4(3)2-5/h6-12,22H,13H2,1-5H3;2H,3H2,1H3. The smallest absolute Gasteiger partial charge is 0.223 e. The molecular weight excluding hydrogens is 378 g/mol. The number of hydrogen-bond donors (Lipinski definition) is 2. The Kier molecular flexibility index (Phi) is 8.00. The van der Waals surface area contributed by atoms with Crippen LogP contribution in [0.15, 0.2) is 42.6 Å². The van der Waals surface area contributed by atoms with Gasteiger partial charge in [-0.2, -0.15) is 5.10 Å². The molecule has 0 aliphatic rings. The quantitative estimate of drug-likeness (QED) is 0.281. The first-order chi connectivity index (χ1) is 14.3. The fraction of sp³-hybridized carbons (Fsp3) is 0.304. The molecule has 0 radical (unpaired) electrons. The van der Waals surface area contributed by atoms with Gasteiger partial charge in [-0.1, -0.05) is 12.1 Å². The maximum absolute atomic E-state index is 9.31. The number of carbonyl (C=O) groups excluding carboxylic acids is 1. The third kappa shape index (κ3) is 5.84. The number of anilines is 1. The summed E-state index contributed by atoms with van der Waals surface area (Å²) in [5.74, 6) is 5.65. The Morgan fingerprint density at radius 2 is 1.83 bits per heavy atom. The number of nitrogens with two attached hydrogens (primary N) is 1. The number of aryl methyl sites for hydroxylation is 4. The first-order valence-electron chi connectivity index (χ1n) is 9.72. The second-order valence-corrected chi connectivity index (χ2v) is 7.20. The Hall–Kier alpha value is -3.32. The highest BCUT2D eigenvalue weighted by molar-refractivity contribution is 5.54. The number of carbonyl (C=O) groups is 1. The lowest BCUT2D eigenvalue weighted by Crippen LogP contribution is -2.23. The molecule has 7 heteroatoms. The molecule has 0 aliphatic carbocycles. The summed E-state index contributed by atoms with van der Waals surface area (Å²) >= 11 is 0. The van der Waals surface area contributed by atoms with E-state index >= 15 is 0 Å². The maximum atomic E-state index is 9.31. The van der Waals surface area contributed by atoms with Crippen LogP contribution in [0, 0.1) is 27.7 Å². The summed E-state index contributed by atoms with van der Waals surface area (Å²) in [5.41, 5.74) is 7.91. The zero-order valence-corrected chi connectivity index (χ0v) is 18.6. The number of rotatable bonds is 6. The molecule has 2 aromatic carbocycles. The maximum Gasteiger partial charge on any atom is 0.223 e. The minimum atomic E-state index is 0.528. The Bertz CT molecular complexity index is 976. The number of nitrogens with one attached hydrogen (secondary N) is 1. The summed E-state index contributed by atoms with van der Waals surface area (Å²) in [6.07, 6.45) is 2.58. The predicted octanol–water partition coefficient (Wildman–Crippen LogP) is 3.67. The number of aromatic nitrogens is 2. The van der Waals surface area contributed by atoms with E-state index in [2.05, 4.69) is 61.6 Å². The van der Waals surface area contributed by atoms with Crippen molar-refractivity contribution in [3.63, 3.8) is 0 Å². The van der Waals surface area contributed by atoms with Gasteiger partial charge in [-0.05, 0) is 68.7 Å². The predicted molar refractivity (Wildman–Crippen MR) is 121 cm³/mol. The molecule has 0 atom stereocenters. The van der Waals surface area contributed by atoms with Crippen LogP contribution in [0.2, 0.25) is 0 Å². The van der Waals surface area contributed by atoms with Crippen molar-refractivity contribution < 1.29 is 9.53 Å². The Morgan fingerprint density at radius 1 is 1.13 bits per heavy atom. The van der Waals surface area contributed by atoms with Gasteiger partial charge in [0, 0.05) is 31.5 Å². The van der Waals surface area contributed by atoms with Crippen LogP contribution < -0.4 is 15.9 Å². The van der Waals surface area contributed by atoms with Crippen LogP contribution in [0.3, 0.4) is 0 Å². The second-order valence-electron chi connectivity index (χ2n) is 7.20. The van der Waals surface area contributed by atoms with E-state index in [0.29, 0.717) is 13.0 Å². The van der Waals surface area contributed by atoms with Gasteiger partial charge in [-0.3, -0.25) is 9.80 Å². The molecule has 160 valence electrons. The van der Waals surface area contributed by atoms with Crippen LogP contribution in [0.25, 0.3) is 5.69 Å². The zero-order chi connectivity index (χ0) is 22.3. The molecule has 0 unspecified atom stereocenters. The number of ether oxygens (including phenoxy) is 1. The number of benzene rings is 2. The number of amides is 1. The topological polar surface area (TPSA) is 85.4 Å². The van der Waals surface area contributed by atoms with Crippen molar-refractivity contribution in [3.8, 4) is 11.4 Å². The third-order valence-corrected chi connectivity index (χ3v) is 4.79. The lowest BCUT2D eigenvalue weighted by molar-refractivity contribution is -0.117. The van der Waals surface area contributed by atoms with Crippen molar-refractivity contribution in [1.82, 2.24) is 14.8 Å². The summed E-state index contributed by atoms with van der Waals surface area (Å²) in [4.78, 5) is 9.31. The van der Waals surface area contributed by atoms with Crippen molar-refractivity contribution in [2.45, 2.75) is 34.3 Å². The van der Waals surface area contributed by atoms with Crippen LogP contribution in [-0.2, 0) is 11.4 Å². The van der Waals surface area contributed by atoms with E-state index in [-0.39, 0.29) is 0 Å². The van der Waals surface area contributed by atoms with Crippen LogP contribution in [0.1, 0.15) is 27.9 Å². The van der Waals surface area contributed by atoms with Gasteiger partial charge in [0.15, 0.2) is 0 Å². The Labute approximate surface area is 178 Å². The van der Waals surface area contributed by atoms with Crippen molar-refractivity contribution in [2.75, 3.05) is 19.4 Å². The molecule has 1 heterocycles. The summed E-state index contributed by atoms with van der Waals surface area (Å²) < 4.78 is 8.01. The fourth-order valence-electron chi connectivity index (χ4n) is 2.89. The van der Waals surface area contributed by atoms with Crippen molar-refractivity contribution in [1.29, 1.82) is 0 Å². The summed E-state index contributed by atoms with van der Waals surface area (Å²) in [6, 6.07) is 12.4. The number of nitrogens with zero attached hydrogens (tertiary/aromatic N) is 3. The Balaban J connectivity index is 0.000000575. The van der Waals surface area contributed by atoms with Crippen molar-refractivity contribution in [3.05, 3.63) is 70.5 Å². The molecule has 3 rings (SSSR count). The SMILES string of the molecule is CN(N)C=O.CNc1cccc(C)c1COc1ccc(-n2cc(C)c(C)n2)cc1C. The van der Waals surface area contributed by atoms with E-state index in [1.807, 2.05) is 30.8 Å². The van der Waals surface area contributed by atoms with Gasteiger partial charge in [0.1, 0.15) is 12.4 Å². The normalized spacial score (nSPS) is 10.1. The van der Waals surface area contributed by atoms with Gasteiger partial charge in [0.25, 0.3) is 0 Å². The lowest BCUT2D eigenvalue weighted by Gasteiger charge is -2.15. The number of hydrogen-bond acceptors (Lipinski definition) is 5. The molecule has 0 saturated heterocycles. The lowest BCUT2D eigenvalue weighted by atomic mass is 10.1. The van der Waals surface area contributed by atoms with E-state index in [0.717, 1.165) is 33.4 Å². The minimum Gasteiger partial charge on any atom is -0.489 e. The molecule has 0 aliphatic heterocycles. The summed E-state index contributed by atoms with van der Waals surface area (Å²) in [5, 5.41) is 8.73. The average molecular weight is 410 g/mol. The molecule has 3 aromatic rings. The van der Waals surface area contributed by atoms with Crippen molar-refractivity contribution in [2.24, 2.45) is 5.84 Å². The molecule has 7 nitrogen and oxygen atoms in total. The van der Waals surface area contributed by atoms with Crippen LogP contribution in [-0.4, -0.2) is 35.3 Å². The van der Waals surface area contributed by atoms with Crippen LogP contribution in [0.4, 0.5) is 5.69 Å². The minimum absolute atomic E-state index is 0.528. The largest absolute Gasteiger partial charge is 0.489 e. The van der Waals surface area contributed by atoms with Crippen molar-refractivity contribution >= 4 is 12.1 Å². The van der Waals surface area contributed by atoms with Gasteiger partial charge in [-0.15, -0.1) is 0 Å². The average Bonchev–Trinajstić information content (AvgIpc) is 3.06. The van der Waals surface area contributed by atoms with E-state index in [1.165, 1.54) is 23.7 Å². The molecule has 1 aromatic heterocycles. The molecule has 0 saturated carbocycles. The highest BCUT2D eigenvalue weighted by atomic mass is 16.5. The van der Waals surface area contributed by atoms with E-state index in [1.54, 1.807) is 0 Å². The zero-order valence-electron chi connectivity index (χ0n) is 18.6. The van der Waals surface area contributed by atoms with Crippen LogP contribution in [0.5, 0.6) is 5.75 Å². The fourth-order valence-corrected chi connectivity index (χ4v) is 2.89. The number of hydrazine groups is 1. The van der Waals surface area contributed by atoms with Gasteiger partial charge in [-0.25, -0.2) is 10.5 Å². The highest BCUT2D eigenvalue weighted by Crippen LogP contribution is 2.25. The van der Waals surface area contributed by atoms with Gasteiger partial charge >= 0.3 is 0 Å². The molecule has 0 spiro atoms. The summed E-state index contributed by atoms with van der Waals surface area (Å²) in [6.45, 7) is 8.82. The Morgan fingerprint density at radius 3 is 2.37 bits per heavy atom. The first-order valence-corrected chi connectivity index (χ1v) is 9.72.